The van der Waals surface area contributed by atoms with E-state index in [2.05, 4.69) is 22.9 Å². The lowest BCUT2D eigenvalue weighted by molar-refractivity contribution is -0.107. The van der Waals surface area contributed by atoms with Gasteiger partial charge in [0.2, 0.25) is 0 Å². The molecular weight excluding hydrogens is 376 g/mol. The molecule has 0 saturated carbocycles. The van der Waals surface area contributed by atoms with Crippen LogP contribution in [0.3, 0.4) is 0 Å². The first kappa shape index (κ1) is 22.2. The minimum Gasteiger partial charge on any atom is -0.493 e. The molecule has 1 rings (SSSR count). The van der Waals surface area contributed by atoms with E-state index in [4.69, 9.17) is 4.74 Å². The molecule has 1 aromatic carbocycles. The number of carbonyl (C=O) groups is 1. The summed E-state index contributed by atoms with van der Waals surface area (Å²) in [5.74, 6) is 0.819. The molecule has 0 fully saturated rings. The fraction of sp³-hybridized carbons (Fsp3) is 0.682. The average Bonchev–Trinajstić information content (AvgIpc) is 2.65. The smallest absolute Gasteiger partial charge is 0.138 e. The summed E-state index contributed by atoms with van der Waals surface area (Å²) in [6.45, 7) is 3.00. The highest BCUT2D eigenvalue weighted by atomic mass is 79.9. The zero-order chi connectivity index (χ0) is 18.2. The Bertz CT molecular complexity index is 447. The monoisotopic (exact) mass is 410 g/mol. The van der Waals surface area contributed by atoms with Crippen LogP contribution in [0, 0.1) is 0 Å². The Hall–Kier alpha value is -0.830. The standard InChI is InChI=1S/C22H35BrO2/c1-2-3-4-5-6-7-8-9-10-11-12-15-18-25-22-17-14-13-16-20(22)21(23)19-24/h13-14,16-17,19,21H,2-12,15,18H2,1H3. The van der Waals surface area contributed by atoms with Crippen molar-refractivity contribution in [1.82, 2.24) is 0 Å². The molecule has 0 aromatic heterocycles. The number of unbranched alkanes of at least 4 members (excludes halogenated alkanes) is 11. The van der Waals surface area contributed by atoms with E-state index in [0.29, 0.717) is 0 Å². The Balaban J connectivity index is 1.98. The Labute approximate surface area is 162 Å². The van der Waals surface area contributed by atoms with Gasteiger partial charge in [-0.25, -0.2) is 0 Å². The summed E-state index contributed by atoms with van der Waals surface area (Å²) >= 11 is 3.37. The van der Waals surface area contributed by atoms with E-state index in [-0.39, 0.29) is 4.83 Å². The van der Waals surface area contributed by atoms with Crippen LogP contribution < -0.4 is 4.74 Å². The van der Waals surface area contributed by atoms with Crippen molar-refractivity contribution in [3.63, 3.8) is 0 Å². The molecule has 3 heteroatoms. The van der Waals surface area contributed by atoms with Crippen LogP contribution in [-0.2, 0) is 4.79 Å². The Kier molecular flexibility index (Phi) is 13.7. The molecule has 1 atom stereocenters. The molecular formula is C22H35BrO2. The zero-order valence-corrected chi connectivity index (χ0v) is 17.4. The third kappa shape index (κ3) is 10.7. The van der Waals surface area contributed by atoms with Crippen LogP contribution in [0.15, 0.2) is 24.3 Å². The topological polar surface area (TPSA) is 26.3 Å². The van der Waals surface area contributed by atoms with Crippen LogP contribution >= 0.6 is 15.9 Å². The Morgan fingerprint density at radius 2 is 1.40 bits per heavy atom. The van der Waals surface area contributed by atoms with Gasteiger partial charge in [-0.2, -0.15) is 0 Å². The van der Waals surface area contributed by atoms with Gasteiger partial charge in [0.05, 0.1) is 11.4 Å². The molecule has 0 spiro atoms. The second-order valence-corrected chi connectivity index (χ2v) is 7.80. The van der Waals surface area contributed by atoms with Crippen LogP contribution in [0.2, 0.25) is 0 Å². The summed E-state index contributed by atoms with van der Waals surface area (Å²) in [5, 5.41) is 0. The fourth-order valence-electron chi connectivity index (χ4n) is 3.04. The van der Waals surface area contributed by atoms with Gasteiger partial charge in [-0.05, 0) is 12.5 Å². The quantitative estimate of drug-likeness (QED) is 0.161. The van der Waals surface area contributed by atoms with E-state index < -0.39 is 0 Å². The van der Waals surface area contributed by atoms with Gasteiger partial charge in [0.25, 0.3) is 0 Å². The van der Waals surface area contributed by atoms with Crippen LogP contribution in [-0.4, -0.2) is 12.9 Å². The highest BCUT2D eigenvalue weighted by molar-refractivity contribution is 9.09. The van der Waals surface area contributed by atoms with Crippen molar-refractivity contribution in [3.05, 3.63) is 29.8 Å². The molecule has 0 radical (unpaired) electrons. The lowest BCUT2D eigenvalue weighted by Crippen LogP contribution is -2.02. The molecule has 0 aliphatic heterocycles. The fourth-order valence-corrected chi connectivity index (χ4v) is 3.42. The van der Waals surface area contributed by atoms with Crippen molar-refractivity contribution >= 4 is 22.2 Å². The van der Waals surface area contributed by atoms with Crippen LogP contribution in [0.4, 0.5) is 0 Å². The first-order chi connectivity index (χ1) is 12.3. The number of para-hydroxylation sites is 1. The van der Waals surface area contributed by atoms with Crippen molar-refractivity contribution in [1.29, 1.82) is 0 Å². The molecule has 0 aliphatic carbocycles. The summed E-state index contributed by atoms with van der Waals surface area (Å²) in [4.78, 5) is 10.7. The van der Waals surface area contributed by atoms with E-state index in [1.54, 1.807) is 0 Å². The summed E-state index contributed by atoms with van der Waals surface area (Å²) in [6.07, 6.45) is 17.0. The zero-order valence-electron chi connectivity index (χ0n) is 15.9. The molecule has 1 unspecified atom stereocenters. The van der Waals surface area contributed by atoms with E-state index >= 15 is 0 Å². The molecule has 2 nitrogen and oxygen atoms in total. The van der Waals surface area contributed by atoms with Crippen molar-refractivity contribution in [2.45, 2.75) is 88.8 Å². The molecule has 0 bridgehead atoms. The first-order valence-corrected chi connectivity index (χ1v) is 11.0. The third-order valence-electron chi connectivity index (χ3n) is 4.59. The summed E-state index contributed by atoms with van der Waals surface area (Å²) in [7, 11) is 0. The minimum atomic E-state index is -0.286. The number of halogens is 1. The van der Waals surface area contributed by atoms with Crippen molar-refractivity contribution in [2.24, 2.45) is 0 Å². The number of hydrogen-bond donors (Lipinski definition) is 0. The van der Waals surface area contributed by atoms with Gasteiger partial charge in [0.15, 0.2) is 0 Å². The van der Waals surface area contributed by atoms with Gasteiger partial charge in [-0.1, -0.05) is 112 Å². The average molecular weight is 411 g/mol. The minimum absolute atomic E-state index is 0.286. The maximum atomic E-state index is 10.9. The molecule has 25 heavy (non-hydrogen) atoms. The van der Waals surface area contributed by atoms with Gasteiger partial charge in [0, 0.05) is 5.56 Å². The second-order valence-electron chi connectivity index (χ2n) is 6.81. The molecule has 0 aliphatic rings. The predicted octanol–water partition coefficient (Wildman–Crippen LogP) is 7.40. The normalized spacial score (nSPS) is 12.1. The van der Waals surface area contributed by atoms with E-state index in [9.17, 15) is 4.79 Å². The molecule has 142 valence electrons. The van der Waals surface area contributed by atoms with Crippen LogP contribution in [0.5, 0.6) is 5.75 Å². The van der Waals surface area contributed by atoms with E-state index in [1.165, 1.54) is 70.6 Å². The summed E-state index contributed by atoms with van der Waals surface area (Å²) in [6, 6.07) is 7.76. The second kappa shape index (κ2) is 15.4. The lowest BCUT2D eigenvalue weighted by atomic mass is 10.1. The van der Waals surface area contributed by atoms with Gasteiger partial charge in [-0.15, -0.1) is 0 Å². The van der Waals surface area contributed by atoms with Crippen LogP contribution in [0.25, 0.3) is 0 Å². The SMILES string of the molecule is CCCCCCCCCCCCCCOc1ccccc1C(Br)C=O. The number of aldehydes is 1. The molecule has 0 heterocycles. The number of hydrogen-bond acceptors (Lipinski definition) is 2. The lowest BCUT2D eigenvalue weighted by Gasteiger charge is -2.12. The van der Waals surface area contributed by atoms with Gasteiger partial charge < -0.3 is 9.53 Å². The molecule has 0 saturated heterocycles. The Morgan fingerprint density at radius 3 is 1.96 bits per heavy atom. The Morgan fingerprint density at radius 1 is 0.880 bits per heavy atom. The number of benzene rings is 1. The maximum Gasteiger partial charge on any atom is 0.138 e. The summed E-state index contributed by atoms with van der Waals surface area (Å²) < 4.78 is 5.86. The third-order valence-corrected chi connectivity index (χ3v) is 5.30. The number of alkyl halides is 1. The molecule has 0 amide bonds. The van der Waals surface area contributed by atoms with E-state index in [0.717, 1.165) is 30.6 Å². The number of carbonyl (C=O) groups excluding carboxylic acids is 1. The highest BCUT2D eigenvalue weighted by Crippen LogP contribution is 2.29. The number of rotatable bonds is 16. The van der Waals surface area contributed by atoms with Crippen molar-refractivity contribution < 1.29 is 9.53 Å². The van der Waals surface area contributed by atoms with Crippen molar-refractivity contribution in [2.75, 3.05) is 6.61 Å². The molecule has 1 aromatic rings. The van der Waals surface area contributed by atoms with Gasteiger partial charge in [0.1, 0.15) is 12.0 Å². The largest absolute Gasteiger partial charge is 0.493 e. The van der Waals surface area contributed by atoms with Crippen molar-refractivity contribution in [3.8, 4) is 5.75 Å². The van der Waals surface area contributed by atoms with Crippen LogP contribution in [0.1, 0.15) is 94.4 Å². The highest BCUT2D eigenvalue weighted by Gasteiger charge is 2.11. The predicted molar refractivity (Wildman–Crippen MR) is 111 cm³/mol. The summed E-state index contributed by atoms with van der Waals surface area (Å²) in [5.41, 5.74) is 0.913. The maximum absolute atomic E-state index is 10.9. The number of ether oxygens (including phenoxy) is 1. The van der Waals surface area contributed by atoms with Gasteiger partial charge >= 0.3 is 0 Å². The van der Waals surface area contributed by atoms with E-state index in [1.807, 2.05) is 24.3 Å². The first-order valence-electron chi connectivity index (χ1n) is 10.1. The van der Waals surface area contributed by atoms with Gasteiger partial charge in [-0.3, -0.25) is 0 Å². The molecule has 0 N–H and O–H groups in total.